The molecule has 5 nitrogen and oxygen atoms in total. The molecular weight excluding hydrogens is 330 g/mol. The minimum absolute atomic E-state index is 0.0563. The van der Waals surface area contributed by atoms with E-state index in [1.54, 1.807) is 0 Å². The fourth-order valence-electron chi connectivity index (χ4n) is 2.33. The fraction of sp³-hybridized carbons (Fsp3) is 0.583. The van der Waals surface area contributed by atoms with Crippen molar-refractivity contribution in [1.29, 1.82) is 0 Å². The van der Waals surface area contributed by atoms with Crippen molar-refractivity contribution < 1.29 is 8.42 Å². The van der Waals surface area contributed by atoms with Gasteiger partial charge < -0.3 is 5.73 Å². The van der Waals surface area contributed by atoms with Crippen molar-refractivity contribution in [2.75, 3.05) is 18.8 Å². The number of halogens is 1. The summed E-state index contributed by atoms with van der Waals surface area (Å²) in [5.74, 6) is 0.685. The van der Waals surface area contributed by atoms with Gasteiger partial charge in [-0.3, -0.25) is 0 Å². The van der Waals surface area contributed by atoms with Crippen molar-refractivity contribution in [3.05, 3.63) is 16.7 Å². The summed E-state index contributed by atoms with van der Waals surface area (Å²) in [4.78, 5) is 3.99. The summed E-state index contributed by atoms with van der Waals surface area (Å²) in [7, 11) is -3.53. The lowest BCUT2D eigenvalue weighted by molar-refractivity contribution is 0.269. The molecule has 19 heavy (non-hydrogen) atoms. The SMILES string of the molecule is CCC1CCN(S(=O)(=O)c2cc(Br)cnc2N)CC1. The predicted molar refractivity (Wildman–Crippen MR) is 78.1 cm³/mol. The Morgan fingerprint density at radius 2 is 2.11 bits per heavy atom. The van der Waals surface area contributed by atoms with E-state index in [0.29, 0.717) is 23.5 Å². The number of anilines is 1. The van der Waals surface area contributed by atoms with Gasteiger partial charge in [0.05, 0.1) is 0 Å². The number of hydrogen-bond donors (Lipinski definition) is 1. The number of nitrogen functional groups attached to an aromatic ring is 1. The summed E-state index contributed by atoms with van der Waals surface area (Å²) in [6, 6.07) is 1.52. The molecule has 0 spiro atoms. The van der Waals surface area contributed by atoms with Gasteiger partial charge in [-0.15, -0.1) is 0 Å². The van der Waals surface area contributed by atoms with E-state index in [2.05, 4.69) is 27.8 Å². The second kappa shape index (κ2) is 5.76. The maximum absolute atomic E-state index is 12.5. The molecule has 0 atom stereocenters. The average molecular weight is 348 g/mol. The average Bonchev–Trinajstić information content (AvgIpc) is 2.41. The third kappa shape index (κ3) is 3.09. The van der Waals surface area contributed by atoms with Crippen LogP contribution >= 0.6 is 15.9 Å². The first kappa shape index (κ1) is 14.7. The number of pyridine rings is 1. The highest BCUT2D eigenvalue weighted by Gasteiger charge is 2.30. The summed E-state index contributed by atoms with van der Waals surface area (Å²) < 4.78 is 27.2. The lowest BCUT2D eigenvalue weighted by Gasteiger charge is -2.30. The van der Waals surface area contributed by atoms with Crippen LogP contribution < -0.4 is 5.73 Å². The van der Waals surface area contributed by atoms with Gasteiger partial charge in [0.25, 0.3) is 0 Å². The topological polar surface area (TPSA) is 76.3 Å². The van der Waals surface area contributed by atoms with E-state index in [4.69, 9.17) is 5.73 Å². The van der Waals surface area contributed by atoms with Gasteiger partial charge in [0.1, 0.15) is 10.7 Å². The van der Waals surface area contributed by atoms with Crippen LogP contribution in [0, 0.1) is 5.92 Å². The summed E-state index contributed by atoms with van der Waals surface area (Å²) in [6.07, 6.45) is 4.43. The van der Waals surface area contributed by atoms with Crippen LogP contribution in [0.1, 0.15) is 26.2 Å². The Hall–Kier alpha value is -0.660. The molecule has 1 aromatic heterocycles. The van der Waals surface area contributed by atoms with Crippen LogP contribution in [-0.4, -0.2) is 30.8 Å². The van der Waals surface area contributed by atoms with Gasteiger partial charge in [-0.05, 0) is 40.8 Å². The van der Waals surface area contributed by atoms with E-state index in [-0.39, 0.29) is 10.7 Å². The number of nitrogens with zero attached hydrogens (tertiary/aromatic N) is 2. The zero-order chi connectivity index (χ0) is 14.0. The first-order valence-electron chi connectivity index (χ1n) is 6.36. The van der Waals surface area contributed by atoms with Gasteiger partial charge in [0, 0.05) is 23.8 Å². The highest BCUT2D eigenvalue weighted by Crippen LogP contribution is 2.28. The number of aromatic nitrogens is 1. The van der Waals surface area contributed by atoms with Gasteiger partial charge in [-0.2, -0.15) is 4.31 Å². The molecule has 7 heteroatoms. The summed E-state index contributed by atoms with van der Waals surface area (Å²) >= 11 is 3.23. The summed E-state index contributed by atoms with van der Waals surface area (Å²) in [5, 5.41) is 0. The summed E-state index contributed by atoms with van der Waals surface area (Å²) in [5.41, 5.74) is 5.70. The Morgan fingerprint density at radius 1 is 1.47 bits per heavy atom. The Labute approximate surface area is 122 Å². The summed E-state index contributed by atoms with van der Waals surface area (Å²) in [6.45, 7) is 3.27. The molecular formula is C12H18BrN3O2S. The van der Waals surface area contributed by atoms with Crippen LogP contribution in [0.2, 0.25) is 0 Å². The van der Waals surface area contributed by atoms with Crippen LogP contribution in [-0.2, 0) is 10.0 Å². The van der Waals surface area contributed by atoms with E-state index in [1.165, 1.54) is 16.6 Å². The van der Waals surface area contributed by atoms with Crippen LogP contribution in [0.5, 0.6) is 0 Å². The standard InChI is InChI=1S/C12H18BrN3O2S/c1-2-9-3-5-16(6-4-9)19(17,18)11-7-10(13)8-15-12(11)14/h7-9H,2-6H2,1H3,(H2,14,15). The van der Waals surface area contributed by atoms with Crippen LogP contribution in [0.25, 0.3) is 0 Å². The molecule has 0 unspecified atom stereocenters. The molecule has 2 N–H and O–H groups in total. The molecule has 2 heterocycles. The van der Waals surface area contributed by atoms with Crippen LogP contribution in [0.4, 0.5) is 5.82 Å². The Morgan fingerprint density at radius 3 is 2.68 bits per heavy atom. The lowest BCUT2D eigenvalue weighted by atomic mass is 9.96. The van der Waals surface area contributed by atoms with Gasteiger partial charge in [0.2, 0.25) is 10.0 Å². The molecule has 1 aliphatic heterocycles. The minimum Gasteiger partial charge on any atom is -0.383 e. The highest BCUT2D eigenvalue weighted by molar-refractivity contribution is 9.10. The third-order valence-corrected chi connectivity index (χ3v) is 5.98. The van der Waals surface area contributed by atoms with E-state index < -0.39 is 10.0 Å². The van der Waals surface area contributed by atoms with E-state index in [9.17, 15) is 8.42 Å². The first-order valence-corrected chi connectivity index (χ1v) is 8.59. The van der Waals surface area contributed by atoms with Crippen molar-refractivity contribution in [2.24, 2.45) is 5.92 Å². The molecule has 0 aromatic carbocycles. The maximum Gasteiger partial charge on any atom is 0.246 e. The normalized spacial score (nSPS) is 18.6. The zero-order valence-electron chi connectivity index (χ0n) is 10.8. The molecule has 2 rings (SSSR count). The first-order chi connectivity index (χ1) is 8.95. The Bertz CT molecular complexity index is 554. The number of piperidine rings is 1. The smallest absolute Gasteiger partial charge is 0.246 e. The van der Waals surface area contributed by atoms with Crippen molar-refractivity contribution in [3.63, 3.8) is 0 Å². The highest BCUT2D eigenvalue weighted by atomic mass is 79.9. The number of hydrogen-bond acceptors (Lipinski definition) is 4. The molecule has 0 radical (unpaired) electrons. The van der Waals surface area contributed by atoms with Crippen molar-refractivity contribution >= 4 is 31.8 Å². The quantitative estimate of drug-likeness (QED) is 0.909. The number of sulfonamides is 1. The van der Waals surface area contributed by atoms with Crippen molar-refractivity contribution in [1.82, 2.24) is 9.29 Å². The molecule has 1 saturated heterocycles. The Kier molecular flexibility index (Phi) is 4.47. The Balaban J connectivity index is 2.26. The molecule has 0 aliphatic carbocycles. The molecule has 0 bridgehead atoms. The predicted octanol–water partition coefficient (Wildman–Crippen LogP) is 2.24. The van der Waals surface area contributed by atoms with Gasteiger partial charge >= 0.3 is 0 Å². The second-order valence-corrected chi connectivity index (χ2v) is 7.61. The van der Waals surface area contributed by atoms with Gasteiger partial charge in [-0.1, -0.05) is 13.3 Å². The third-order valence-electron chi connectivity index (χ3n) is 3.62. The monoisotopic (exact) mass is 347 g/mol. The molecule has 1 aliphatic rings. The van der Waals surface area contributed by atoms with Crippen molar-refractivity contribution in [3.8, 4) is 0 Å². The van der Waals surface area contributed by atoms with Crippen LogP contribution in [0.15, 0.2) is 21.6 Å². The number of rotatable bonds is 3. The second-order valence-electron chi connectivity index (χ2n) is 4.79. The van der Waals surface area contributed by atoms with Gasteiger partial charge in [0.15, 0.2) is 0 Å². The maximum atomic E-state index is 12.5. The van der Waals surface area contributed by atoms with Crippen molar-refractivity contribution in [2.45, 2.75) is 31.1 Å². The lowest BCUT2D eigenvalue weighted by Crippen LogP contribution is -2.38. The molecule has 1 aromatic rings. The van der Waals surface area contributed by atoms with Crippen LogP contribution in [0.3, 0.4) is 0 Å². The van der Waals surface area contributed by atoms with E-state index in [1.807, 2.05) is 0 Å². The molecule has 106 valence electrons. The van der Waals surface area contributed by atoms with Gasteiger partial charge in [-0.25, -0.2) is 13.4 Å². The molecule has 1 fully saturated rings. The zero-order valence-corrected chi connectivity index (χ0v) is 13.2. The largest absolute Gasteiger partial charge is 0.383 e. The fourth-order valence-corrected chi connectivity index (χ4v) is 4.38. The van der Waals surface area contributed by atoms with E-state index >= 15 is 0 Å². The van der Waals surface area contributed by atoms with E-state index in [0.717, 1.165) is 19.3 Å². The molecule has 0 saturated carbocycles. The minimum atomic E-state index is -3.53. The molecule has 0 amide bonds. The number of nitrogens with two attached hydrogens (primary N) is 1.